The predicted molar refractivity (Wildman–Crippen MR) is 136 cm³/mol. The van der Waals surface area contributed by atoms with Crippen molar-refractivity contribution < 1.29 is 19.4 Å². The third kappa shape index (κ3) is 5.13. The van der Waals surface area contributed by atoms with Crippen LogP contribution < -0.4 is 15.4 Å². The first-order valence-electron chi connectivity index (χ1n) is 12.7. The summed E-state index contributed by atoms with van der Waals surface area (Å²) in [6.45, 7) is 1.18. The molecule has 6 nitrogen and oxygen atoms in total. The van der Waals surface area contributed by atoms with Gasteiger partial charge in [-0.15, -0.1) is 0 Å². The number of nitrogens with one attached hydrogen (secondary N) is 2. The first kappa shape index (κ1) is 23.6. The quantitative estimate of drug-likeness (QED) is 0.360. The molecule has 35 heavy (non-hydrogen) atoms. The molecule has 2 aromatic rings. The third-order valence-electron chi connectivity index (χ3n) is 8.11. The number of hydrogen-bond acceptors (Lipinski definition) is 4. The van der Waals surface area contributed by atoms with E-state index >= 15 is 0 Å². The summed E-state index contributed by atoms with van der Waals surface area (Å²) < 4.78 is 5.37. The molecule has 0 atom stereocenters. The average Bonchev–Trinajstić information content (AvgIpc) is 2.82. The number of carboxylic acid groups (broad SMARTS) is 1. The number of benzene rings is 2. The van der Waals surface area contributed by atoms with Crippen molar-refractivity contribution in [1.29, 1.82) is 0 Å². The number of aliphatic carboxylic acids is 1. The van der Waals surface area contributed by atoms with Gasteiger partial charge in [0.2, 0.25) is 0 Å². The molecule has 4 bridgehead atoms. The lowest BCUT2D eigenvalue weighted by atomic mass is 9.47. The molecule has 6 heteroatoms. The lowest BCUT2D eigenvalue weighted by molar-refractivity contribution is -0.131. The van der Waals surface area contributed by atoms with Crippen LogP contribution in [0.5, 0.6) is 5.75 Å². The Morgan fingerprint density at radius 1 is 0.971 bits per heavy atom. The van der Waals surface area contributed by atoms with Crippen LogP contribution in [0.25, 0.3) is 17.2 Å². The zero-order chi connectivity index (χ0) is 24.4. The zero-order valence-corrected chi connectivity index (χ0v) is 20.3. The minimum absolute atomic E-state index is 0.150. The van der Waals surface area contributed by atoms with Gasteiger partial charge in [0.05, 0.1) is 0 Å². The van der Waals surface area contributed by atoms with Crippen LogP contribution >= 0.6 is 0 Å². The number of carbonyl (C=O) groups excluding carboxylic acids is 1. The van der Waals surface area contributed by atoms with Crippen LogP contribution in [0.15, 0.2) is 48.5 Å². The van der Waals surface area contributed by atoms with Gasteiger partial charge in [0.1, 0.15) is 5.75 Å². The minimum atomic E-state index is -0.920. The van der Waals surface area contributed by atoms with E-state index in [1.807, 2.05) is 31.3 Å². The Balaban J connectivity index is 1.42. The van der Waals surface area contributed by atoms with Gasteiger partial charge >= 0.3 is 12.1 Å². The molecule has 2 aromatic carbocycles. The van der Waals surface area contributed by atoms with Crippen molar-refractivity contribution in [3.63, 3.8) is 0 Å². The smallest absolute Gasteiger partial charge is 0.412 e. The van der Waals surface area contributed by atoms with E-state index in [9.17, 15) is 14.7 Å². The summed E-state index contributed by atoms with van der Waals surface area (Å²) in [7, 11) is 1.83. The molecule has 0 radical (unpaired) electrons. The topological polar surface area (TPSA) is 87.7 Å². The van der Waals surface area contributed by atoms with Crippen LogP contribution in [0.4, 0.5) is 4.79 Å². The van der Waals surface area contributed by atoms with Gasteiger partial charge in [-0.2, -0.15) is 0 Å². The molecule has 0 spiro atoms. The van der Waals surface area contributed by atoms with Gasteiger partial charge in [-0.1, -0.05) is 24.3 Å². The van der Waals surface area contributed by atoms with Crippen LogP contribution in [0.1, 0.15) is 49.7 Å². The Morgan fingerprint density at radius 2 is 1.60 bits per heavy atom. The van der Waals surface area contributed by atoms with E-state index in [-0.39, 0.29) is 5.41 Å². The second-order valence-electron chi connectivity index (χ2n) is 10.6. The molecule has 0 unspecified atom stereocenters. The fraction of sp³-hybridized carbons (Fsp3) is 0.448. The fourth-order valence-corrected chi connectivity index (χ4v) is 7.09. The van der Waals surface area contributed by atoms with Gasteiger partial charge in [0.25, 0.3) is 0 Å². The van der Waals surface area contributed by atoms with Gasteiger partial charge in [-0.05, 0) is 115 Å². The van der Waals surface area contributed by atoms with Crippen molar-refractivity contribution in [2.75, 3.05) is 20.1 Å². The molecule has 0 saturated heterocycles. The number of ether oxygens (including phenoxy) is 1. The Kier molecular flexibility index (Phi) is 6.65. The van der Waals surface area contributed by atoms with E-state index in [0.29, 0.717) is 18.8 Å². The molecule has 4 aliphatic carbocycles. The Morgan fingerprint density at radius 3 is 2.20 bits per heavy atom. The number of amides is 1. The van der Waals surface area contributed by atoms with E-state index < -0.39 is 12.1 Å². The van der Waals surface area contributed by atoms with E-state index in [0.717, 1.165) is 34.4 Å². The molecule has 0 heterocycles. The maximum Gasteiger partial charge on any atom is 0.412 e. The van der Waals surface area contributed by atoms with E-state index in [1.54, 1.807) is 6.08 Å². The van der Waals surface area contributed by atoms with Crippen molar-refractivity contribution in [2.45, 2.75) is 43.9 Å². The molecule has 184 valence electrons. The maximum absolute atomic E-state index is 11.9. The number of likely N-dealkylation sites (N-methyl/N-ethyl adjacent to an activating group) is 1. The van der Waals surface area contributed by atoms with E-state index in [2.05, 4.69) is 28.8 Å². The number of hydrogen-bond donors (Lipinski definition) is 3. The molecule has 1 amide bonds. The predicted octanol–water partition coefficient (Wildman–Crippen LogP) is 5.23. The molecular formula is C29H34N2O4. The van der Waals surface area contributed by atoms with Crippen LogP contribution in [-0.2, 0) is 10.2 Å². The summed E-state index contributed by atoms with van der Waals surface area (Å²) in [5.41, 5.74) is 4.63. The highest BCUT2D eigenvalue weighted by Gasteiger charge is 2.52. The lowest BCUT2D eigenvalue weighted by Gasteiger charge is -2.57. The fourth-order valence-electron chi connectivity index (χ4n) is 7.09. The second-order valence-corrected chi connectivity index (χ2v) is 10.6. The van der Waals surface area contributed by atoms with Gasteiger partial charge in [0, 0.05) is 19.2 Å². The van der Waals surface area contributed by atoms with Gasteiger partial charge < -0.3 is 20.5 Å². The van der Waals surface area contributed by atoms with Crippen LogP contribution in [-0.4, -0.2) is 37.3 Å². The van der Waals surface area contributed by atoms with E-state index in [4.69, 9.17) is 4.74 Å². The highest BCUT2D eigenvalue weighted by atomic mass is 16.6. The van der Waals surface area contributed by atoms with Crippen LogP contribution in [0.2, 0.25) is 0 Å². The van der Waals surface area contributed by atoms with Crippen LogP contribution in [0, 0.1) is 17.8 Å². The first-order chi connectivity index (χ1) is 16.9. The molecule has 3 N–H and O–H groups in total. The molecule has 0 aromatic heterocycles. The van der Waals surface area contributed by atoms with Gasteiger partial charge in [0.15, 0.2) is 0 Å². The summed E-state index contributed by atoms with van der Waals surface area (Å²) in [6.07, 6.45) is 10.3. The number of rotatable bonds is 8. The van der Waals surface area contributed by atoms with Crippen LogP contribution in [0.3, 0.4) is 0 Å². The number of carboxylic acids is 1. The first-order valence-corrected chi connectivity index (χ1v) is 12.7. The molecule has 0 aliphatic heterocycles. The molecule has 4 fully saturated rings. The Bertz CT molecular complexity index is 1090. The highest BCUT2D eigenvalue weighted by molar-refractivity contribution is 5.86. The standard InChI is InChI=1S/C29H34N2O4/c1-30-10-11-31-28(34)35-25-7-4-22(5-8-25)24-3-2-23(6-9-27(32)33)26(15-24)29-16-19-12-20(17-29)14-21(13-19)18-29/h2-9,15,19-21,30H,10-14,16-18H2,1H3,(H,31,34)(H,32,33). The SMILES string of the molecule is CNCCNC(=O)Oc1ccc(-c2ccc(C=CC(=O)O)c(C34CC5CC(CC(C5)C3)C4)c2)cc1. The third-order valence-corrected chi connectivity index (χ3v) is 8.11. The van der Waals surface area contributed by atoms with Crippen molar-refractivity contribution in [3.8, 4) is 16.9 Å². The summed E-state index contributed by atoms with van der Waals surface area (Å²) in [6, 6.07) is 14.0. The van der Waals surface area contributed by atoms with Crippen molar-refractivity contribution >= 4 is 18.1 Å². The van der Waals surface area contributed by atoms with E-state index in [1.165, 1.54) is 50.2 Å². The Labute approximate surface area is 206 Å². The molecule has 6 rings (SSSR count). The highest BCUT2D eigenvalue weighted by Crippen LogP contribution is 2.61. The van der Waals surface area contributed by atoms with Crippen molar-refractivity contribution in [1.82, 2.24) is 10.6 Å². The molecule has 4 aliphatic rings. The monoisotopic (exact) mass is 474 g/mol. The molecule has 4 saturated carbocycles. The molecular weight excluding hydrogens is 440 g/mol. The second kappa shape index (κ2) is 9.86. The summed E-state index contributed by atoms with van der Waals surface area (Å²) in [5.74, 6) is 1.99. The summed E-state index contributed by atoms with van der Waals surface area (Å²) >= 11 is 0. The van der Waals surface area contributed by atoms with Gasteiger partial charge in [-0.3, -0.25) is 0 Å². The Hall–Kier alpha value is -3.12. The maximum atomic E-state index is 11.9. The normalized spacial score (nSPS) is 26.7. The number of carbonyl (C=O) groups is 2. The van der Waals surface area contributed by atoms with Gasteiger partial charge in [-0.25, -0.2) is 9.59 Å². The largest absolute Gasteiger partial charge is 0.478 e. The average molecular weight is 475 g/mol. The summed E-state index contributed by atoms with van der Waals surface area (Å²) in [5, 5.41) is 14.9. The zero-order valence-electron chi connectivity index (χ0n) is 20.3. The lowest BCUT2D eigenvalue weighted by Crippen LogP contribution is -2.48. The van der Waals surface area contributed by atoms with Crippen molar-refractivity contribution in [3.05, 3.63) is 59.7 Å². The van der Waals surface area contributed by atoms with Crippen molar-refractivity contribution in [2.24, 2.45) is 17.8 Å². The summed E-state index contributed by atoms with van der Waals surface area (Å²) in [4.78, 5) is 23.2. The minimum Gasteiger partial charge on any atom is -0.478 e.